The van der Waals surface area contributed by atoms with Gasteiger partial charge in [-0.15, -0.1) is 0 Å². The Balaban J connectivity index is 2.21. The lowest BCUT2D eigenvalue weighted by atomic mass is 10.1. The first kappa shape index (κ1) is 12.3. The van der Waals surface area contributed by atoms with Gasteiger partial charge >= 0.3 is 5.97 Å². The third kappa shape index (κ3) is 2.42. The van der Waals surface area contributed by atoms with Crippen LogP contribution in [-0.4, -0.2) is 67.0 Å². The van der Waals surface area contributed by atoms with Crippen LogP contribution in [0.1, 0.15) is 6.42 Å². The monoisotopic (exact) mass is 262 g/mol. The van der Waals surface area contributed by atoms with E-state index >= 15 is 0 Å². The molecule has 0 radical (unpaired) electrons. The number of carbonyl (C=O) groups excluding carboxylic acids is 1. The van der Waals surface area contributed by atoms with Crippen molar-refractivity contribution in [3.63, 3.8) is 0 Å². The lowest BCUT2D eigenvalue weighted by molar-refractivity contribution is -0.153. The summed E-state index contributed by atoms with van der Waals surface area (Å²) < 4.78 is 22.7. The number of aliphatic carboxylic acids is 1. The summed E-state index contributed by atoms with van der Waals surface area (Å²) in [7, 11) is -3.12. The average molecular weight is 262 g/mol. The number of hydrogen-bond donors (Lipinski definition) is 2. The second-order valence-electron chi connectivity index (χ2n) is 4.34. The minimum Gasteiger partial charge on any atom is -0.480 e. The van der Waals surface area contributed by atoms with Crippen molar-refractivity contribution in [2.75, 3.05) is 24.6 Å². The van der Waals surface area contributed by atoms with Crippen molar-refractivity contribution in [3.05, 3.63) is 0 Å². The molecule has 0 aliphatic carbocycles. The van der Waals surface area contributed by atoms with Crippen molar-refractivity contribution in [2.45, 2.75) is 18.5 Å². The van der Waals surface area contributed by atoms with Crippen molar-refractivity contribution in [1.29, 1.82) is 0 Å². The molecule has 1 amide bonds. The lowest BCUT2D eigenvalue weighted by Crippen LogP contribution is -2.61. The molecular formula is C9H14N2O5S. The molecule has 0 spiro atoms. The summed E-state index contributed by atoms with van der Waals surface area (Å²) in [4.78, 5) is 24.0. The Morgan fingerprint density at radius 2 is 2.18 bits per heavy atom. The van der Waals surface area contributed by atoms with Crippen molar-refractivity contribution in [2.24, 2.45) is 0 Å². The van der Waals surface area contributed by atoms with Crippen LogP contribution in [0.3, 0.4) is 0 Å². The Labute approximate surface area is 98.7 Å². The number of nitrogens with one attached hydrogen (secondary N) is 1. The van der Waals surface area contributed by atoms with E-state index in [0.717, 1.165) is 0 Å². The lowest BCUT2D eigenvalue weighted by Gasteiger charge is -2.37. The molecule has 7 nitrogen and oxygen atoms in total. The van der Waals surface area contributed by atoms with Gasteiger partial charge in [0.05, 0.1) is 18.1 Å². The molecule has 2 fully saturated rings. The van der Waals surface area contributed by atoms with Crippen molar-refractivity contribution >= 4 is 21.7 Å². The molecule has 0 aromatic rings. The van der Waals surface area contributed by atoms with Gasteiger partial charge in [-0.05, 0) is 6.42 Å². The van der Waals surface area contributed by atoms with Crippen LogP contribution in [0.4, 0.5) is 0 Å². The van der Waals surface area contributed by atoms with E-state index in [1.165, 1.54) is 4.90 Å². The van der Waals surface area contributed by atoms with E-state index < -0.39 is 27.9 Å². The SMILES string of the molecule is O=C(O)C1CNCC(=O)N1C1CCS(=O)(=O)C1. The summed E-state index contributed by atoms with van der Waals surface area (Å²) in [6.07, 6.45) is 0.331. The molecule has 2 aliphatic heterocycles. The number of piperazine rings is 1. The van der Waals surface area contributed by atoms with Crippen LogP contribution in [0.25, 0.3) is 0 Å². The summed E-state index contributed by atoms with van der Waals surface area (Å²) in [6.45, 7) is 0.234. The topological polar surface area (TPSA) is 104 Å². The number of rotatable bonds is 2. The molecule has 2 N–H and O–H groups in total. The first-order valence-electron chi connectivity index (χ1n) is 5.36. The average Bonchev–Trinajstić information content (AvgIpc) is 2.58. The van der Waals surface area contributed by atoms with Gasteiger partial charge in [-0.25, -0.2) is 13.2 Å². The molecule has 96 valence electrons. The van der Waals surface area contributed by atoms with Gasteiger partial charge in [0.1, 0.15) is 6.04 Å². The van der Waals surface area contributed by atoms with Crippen LogP contribution in [-0.2, 0) is 19.4 Å². The molecule has 2 unspecified atom stereocenters. The highest BCUT2D eigenvalue weighted by molar-refractivity contribution is 7.91. The van der Waals surface area contributed by atoms with E-state index in [2.05, 4.69) is 5.32 Å². The van der Waals surface area contributed by atoms with E-state index in [1.807, 2.05) is 0 Å². The van der Waals surface area contributed by atoms with Crippen LogP contribution >= 0.6 is 0 Å². The molecule has 2 saturated heterocycles. The van der Waals surface area contributed by atoms with Gasteiger partial charge in [0.2, 0.25) is 5.91 Å². The Morgan fingerprint density at radius 1 is 1.47 bits per heavy atom. The summed E-state index contributed by atoms with van der Waals surface area (Å²) in [5.74, 6) is -1.54. The third-order valence-corrected chi connectivity index (χ3v) is 4.87. The van der Waals surface area contributed by atoms with E-state index in [0.29, 0.717) is 6.42 Å². The standard InChI is InChI=1S/C9H14N2O5S/c12-8-4-10-3-7(9(13)14)11(8)6-1-2-17(15,16)5-6/h6-7,10H,1-5H2,(H,13,14). The highest BCUT2D eigenvalue weighted by atomic mass is 32.2. The normalized spacial score (nSPS) is 32.7. The Kier molecular flexibility index (Phi) is 3.09. The van der Waals surface area contributed by atoms with E-state index in [1.54, 1.807) is 0 Å². The number of nitrogens with zero attached hydrogens (tertiary/aromatic N) is 1. The van der Waals surface area contributed by atoms with Gasteiger partial charge in [-0.3, -0.25) is 4.79 Å². The van der Waals surface area contributed by atoms with Gasteiger partial charge in [0.25, 0.3) is 0 Å². The largest absolute Gasteiger partial charge is 0.480 e. The summed E-state index contributed by atoms with van der Waals surface area (Å²) in [5, 5.41) is 11.8. The van der Waals surface area contributed by atoms with Crippen molar-refractivity contribution in [1.82, 2.24) is 10.2 Å². The first-order chi connectivity index (χ1) is 7.91. The fourth-order valence-corrected chi connectivity index (χ4v) is 4.05. The number of hydrogen-bond acceptors (Lipinski definition) is 5. The molecule has 0 aromatic carbocycles. The van der Waals surface area contributed by atoms with Gasteiger partial charge in [0.15, 0.2) is 9.84 Å². The van der Waals surface area contributed by atoms with E-state index in [9.17, 15) is 18.0 Å². The fourth-order valence-electron chi connectivity index (χ4n) is 2.34. The molecule has 0 aromatic heterocycles. The summed E-state index contributed by atoms with van der Waals surface area (Å²) >= 11 is 0. The van der Waals surface area contributed by atoms with Crippen molar-refractivity contribution in [3.8, 4) is 0 Å². The molecule has 8 heteroatoms. The minimum absolute atomic E-state index is 0.0290. The highest BCUT2D eigenvalue weighted by Crippen LogP contribution is 2.21. The van der Waals surface area contributed by atoms with Crippen LogP contribution in [0.15, 0.2) is 0 Å². The maximum Gasteiger partial charge on any atom is 0.327 e. The summed E-state index contributed by atoms with van der Waals surface area (Å²) in [6, 6.07) is -1.45. The third-order valence-electron chi connectivity index (χ3n) is 3.12. The Bertz CT molecular complexity index is 446. The fraction of sp³-hybridized carbons (Fsp3) is 0.778. The highest BCUT2D eigenvalue weighted by Gasteiger charge is 2.42. The number of sulfone groups is 1. The predicted octanol–water partition coefficient (Wildman–Crippen LogP) is -1.94. The van der Waals surface area contributed by atoms with Crippen LogP contribution in [0, 0.1) is 0 Å². The van der Waals surface area contributed by atoms with Crippen molar-refractivity contribution < 1.29 is 23.1 Å². The van der Waals surface area contributed by atoms with Gasteiger partial charge in [-0.2, -0.15) is 0 Å². The molecule has 2 aliphatic rings. The number of amides is 1. The van der Waals surface area contributed by atoms with Gasteiger partial charge < -0.3 is 15.3 Å². The zero-order chi connectivity index (χ0) is 12.6. The van der Waals surface area contributed by atoms with Crippen LogP contribution in [0.5, 0.6) is 0 Å². The zero-order valence-corrected chi connectivity index (χ0v) is 9.94. The summed E-state index contributed by atoms with van der Waals surface area (Å²) in [5.41, 5.74) is 0. The minimum atomic E-state index is -3.12. The second kappa shape index (κ2) is 4.26. The van der Waals surface area contributed by atoms with Crippen LogP contribution < -0.4 is 5.32 Å². The molecule has 2 rings (SSSR count). The second-order valence-corrected chi connectivity index (χ2v) is 6.57. The zero-order valence-electron chi connectivity index (χ0n) is 9.13. The number of carbonyl (C=O) groups is 2. The quantitative estimate of drug-likeness (QED) is 0.600. The molecule has 0 bridgehead atoms. The molecule has 2 atom stereocenters. The predicted molar refractivity (Wildman–Crippen MR) is 58.2 cm³/mol. The number of carboxylic acid groups (broad SMARTS) is 1. The smallest absolute Gasteiger partial charge is 0.327 e. The van der Waals surface area contributed by atoms with E-state index in [4.69, 9.17) is 5.11 Å². The molecule has 17 heavy (non-hydrogen) atoms. The molecule has 0 saturated carbocycles. The van der Waals surface area contributed by atoms with Gasteiger partial charge in [-0.1, -0.05) is 0 Å². The molecule has 2 heterocycles. The maximum atomic E-state index is 11.7. The van der Waals surface area contributed by atoms with E-state index in [-0.39, 0.29) is 30.5 Å². The number of carboxylic acids is 1. The maximum absolute atomic E-state index is 11.7. The molecular weight excluding hydrogens is 248 g/mol. The van der Waals surface area contributed by atoms with Gasteiger partial charge in [0, 0.05) is 12.6 Å². The first-order valence-corrected chi connectivity index (χ1v) is 7.18. The van der Waals surface area contributed by atoms with Crippen LogP contribution in [0.2, 0.25) is 0 Å². The Morgan fingerprint density at radius 3 is 2.71 bits per heavy atom. The Hall–Kier alpha value is -1.15.